The van der Waals surface area contributed by atoms with E-state index < -0.39 is 0 Å². The molecule has 3 fully saturated rings. The van der Waals surface area contributed by atoms with Crippen molar-refractivity contribution in [2.45, 2.75) is 69.9 Å². The first-order valence-corrected chi connectivity index (χ1v) is 7.29. The summed E-state index contributed by atoms with van der Waals surface area (Å²) in [6.45, 7) is 2.73. The van der Waals surface area contributed by atoms with Crippen molar-refractivity contribution in [3.8, 4) is 0 Å². The quantitative estimate of drug-likeness (QED) is 0.738. The second-order valence-electron chi connectivity index (χ2n) is 6.48. The van der Waals surface area contributed by atoms with Gasteiger partial charge in [-0.3, -0.25) is 4.90 Å². The SMILES string of the molecule is N[C@@H]1CCCC[C@H]1N1CC2(CCCCC2)C1. The molecule has 1 saturated heterocycles. The van der Waals surface area contributed by atoms with E-state index in [0.717, 1.165) is 11.5 Å². The van der Waals surface area contributed by atoms with Gasteiger partial charge in [0, 0.05) is 25.2 Å². The van der Waals surface area contributed by atoms with E-state index in [1.54, 1.807) is 0 Å². The molecule has 2 saturated carbocycles. The van der Waals surface area contributed by atoms with E-state index in [9.17, 15) is 0 Å². The monoisotopic (exact) mass is 222 g/mol. The van der Waals surface area contributed by atoms with Crippen LogP contribution in [-0.2, 0) is 0 Å². The number of nitrogens with two attached hydrogens (primary N) is 1. The van der Waals surface area contributed by atoms with Gasteiger partial charge in [0.15, 0.2) is 0 Å². The van der Waals surface area contributed by atoms with Gasteiger partial charge in [-0.1, -0.05) is 32.1 Å². The van der Waals surface area contributed by atoms with Crippen LogP contribution in [0, 0.1) is 5.41 Å². The molecule has 2 heteroatoms. The Kier molecular flexibility index (Phi) is 2.97. The summed E-state index contributed by atoms with van der Waals surface area (Å²) in [5, 5.41) is 0. The van der Waals surface area contributed by atoms with Gasteiger partial charge in [0.25, 0.3) is 0 Å². The van der Waals surface area contributed by atoms with Gasteiger partial charge in [-0.15, -0.1) is 0 Å². The van der Waals surface area contributed by atoms with Crippen LogP contribution in [-0.4, -0.2) is 30.1 Å². The lowest BCUT2D eigenvalue weighted by molar-refractivity contribution is -0.0672. The lowest BCUT2D eigenvalue weighted by atomic mass is 9.67. The van der Waals surface area contributed by atoms with E-state index in [2.05, 4.69) is 4.90 Å². The fourth-order valence-corrected chi connectivity index (χ4v) is 4.26. The van der Waals surface area contributed by atoms with Gasteiger partial charge in [-0.25, -0.2) is 0 Å². The van der Waals surface area contributed by atoms with Gasteiger partial charge in [-0.05, 0) is 31.1 Å². The van der Waals surface area contributed by atoms with Crippen LogP contribution in [0.1, 0.15) is 57.8 Å². The molecule has 1 aliphatic heterocycles. The van der Waals surface area contributed by atoms with E-state index in [1.807, 2.05) is 0 Å². The third-order valence-corrected chi connectivity index (χ3v) is 5.24. The molecular formula is C14H26N2. The van der Waals surface area contributed by atoms with Crippen LogP contribution in [0.15, 0.2) is 0 Å². The third kappa shape index (κ3) is 1.91. The zero-order valence-electron chi connectivity index (χ0n) is 10.5. The second kappa shape index (κ2) is 4.30. The van der Waals surface area contributed by atoms with E-state index >= 15 is 0 Å². The van der Waals surface area contributed by atoms with Gasteiger partial charge in [0.05, 0.1) is 0 Å². The fourth-order valence-electron chi connectivity index (χ4n) is 4.26. The molecule has 92 valence electrons. The standard InChI is InChI=1S/C14H26N2/c15-12-6-2-3-7-13(12)16-10-14(11-16)8-4-1-5-9-14/h12-13H,1-11,15H2/t12-,13-/m1/s1. The maximum absolute atomic E-state index is 6.27. The first-order valence-electron chi connectivity index (χ1n) is 7.29. The summed E-state index contributed by atoms with van der Waals surface area (Å²) in [4.78, 5) is 2.70. The summed E-state index contributed by atoms with van der Waals surface area (Å²) in [5.41, 5.74) is 7.00. The molecule has 2 N–H and O–H groups in total. The van der Waals surface area contributed by atoms with Gasteiger partial charge >= 0.3 is 0 Å². The molecule has 16 heavy (non-hydrogen) atoms. The molecule has 0 aromatic carbocycles. The van der Waals surface area contributed by atoms with E-state index in [0.29, 0.717) is 6.04 Å². The van der Waals surface area contributed by atoms with Crippen molar-refractivity contribution in [2.75, 3.05) is 13.1 Å². The highest BCUT2D eigenvalue weighted by atomic mass is 15.2. The second-order valence-corrected chi connectivity index (χ2v) is 6.48. The Hall–Kier alpha value is -0.0800. The molecule has 2 atom stereocenters. The molecule has 3 rings (SSSR count). The number of hydrogen-bond donors (Lipinski definition) is 1. The molecular weight excluding hydrogens is 196 g/mol. The van der Waals surface area contributed by atoms with Crippen LogP contribution in [0.3, 0.4) is 0 Å². The Morgan fingerprint density at radius 1 is 0.875 bits per heavy atom. The lowest BCUT2D eigenvalue weighted by Crippen LogP contribution is -2.64. The van der Waals surface area contributed by atoms with Crippen molar-refractivity contribution in [3.05, 3.63) is 0 Å². The van der Waals surface area contributed by atoms with Crippen molar-refractivity contribution in [1.82, 2.24) is 4.90 Å². The minimum atomic E-state index is 0.467. The number of rotatable bonds is 1. The highest BCUT2D eigenvalue weighted by Crippen LogP contribution is 2.45. The van der Waals surface area contributed by atoms with Crippen molar-refractivity contribution < 1.29 is 0 Å². The van der Waals surface area contributed by atoms with E-state index in [1.165, 1.54) is 70.9 Å². The summed E-state index contributed by atoms with van der Waals surface area (Å²) < 4.78 is 0. The summed E-state index contributed by atoms with van der Waals surface area (Å²) >= 11 is 0. The van der Waals surface area contributed by atoms with Crippen LogP contribution in [0.5, 0.6) is 0 Å². The Morgan fingerprint density at radius 3 is 2.25 bits per heavy atom. The first-order chi connectivity index (χ1) is 7.79. The Bertz CT molecular complexity index is 237. The average molecular weight is 222 g/mol. The summed E-state index contributed by atoms with van der Waals surface area (Å²) in [6.07, 6.45) is 12.8. The average Bonchev–Trinajstić information content (AvgIpc) is 2.28. The number of likely N-dealkylation sites (tertiary alicyclic amines) is 1. The van der Waals surface area contributed by atoms with E-state index in [-0.39, 0.29) is 0 Å². The zero-order valence-corrected chi connectivity index (χ0v) is 10.5. The largest absolute Gasteiger partial charge is 0.326 e. The molecule has 0 aromatic heterocycles. The maximum Gasteiger partial charge on any atom is 0.0247 e. The summed E-state index contributed by atoms with van der Waals surface area (Å²) in [7, 11) is 0. The van der Waals surface area contributed by atoms with Crippen LogP contribution in [0.2, 0.25) is 0 Å². The Balaban J connectivity index is 1.55. The molecule has 0 bridgehead atoms. The third-order valence-electron chi connectivity index (χ3n) is 5.24. The van der Waals surface area contributed by atoms with Gasteiger partial charge in [0.1, 0.15) is 0 Å². The molecule has 0 radical (unpaired) electrons. The minimum absolute atomic E-state index is 0.467. The fraction of sp³-hybridized carbons (Fsp3) is 1.00. The highest BCUT2D eigenvalue weighted by Gasteiger charge is 2.46. The van der Waals surface area contributed by atoms with E-state index in [4.69, 9.17) is 5.73 Å². The molecule has 3 aliphatic rings. The number of hydrogen-bond acceptors (Lipinski definition) is 2. The first kappa shape index (κ1) is 11.0. The normalized spacial score (nSPS) is 39.6. The Labute approximate surface area is 99.6 Å². The molecule has 0 amide bonds. The van der Waals surface area contributed by atoms with Crippen molar-refractivity contribution in [3.63, 3.8) is 0 Å². The van der Waals surface area contributed by atoms with Crippen LogP contribution in [0.4, 0.5) is 0 Å². The molecule has 0 unspecified atom stereocenters. The number of nitrogens with zero attached hydrogens (tertiary/aromatic N) is 1. The van der Waals surface area contributed by atoms with Gasteiger partial charge < -0.3 is 5.73 Å². The molecule has 0 aromatic rings. The molecule has 2 nitrogen and oxygen atoms in total. The minimum Gasteiger partial charge on any atom is -0.326 e. The van der Waals surface area contributed by atoms with Gasteiger partial charge in [0.2, 0.25) is 0 Å². The molecule has 1 spiro atoms. The van der Waals surface area contributed by atoms with Crippen molar-refractivity contribution in [2.24, 2.45) is 11.1 Å². The Morgan fingerprint density at radius 2 is 1.56 bits per heavy atom. The van der Waals surface area contributed by atoms with Crippen LogP contribution >= 0.6 is 0 Å². The predicted octanol–water partition coefficient (Wildman–Crippen LogP) is 2.52. The van der Waals surface area contributed by atoms with Crippen molar-refractivity contribution >= 4 is 0 Å². The summed E-state index contributed by atoms with van der Waals surface area (Å²) in [5.74, 6) is 0. The van der Waals surface area contributed by atoms with Gasteiger partial charge in [-0.2, -0.15) is 0 Å². The maximum atomic E-state index is 6.27. The van der Waals surface area contributed by atoms with Crippen molar-refractivity contribution in [1.29, 1.82) is 0 Å². The molecule has 2 aliphatic carbocycles. The lowest BCUT2D eigenvalue weighted by Gasteiger charge is -2.57. The zero-order chi connectivity index (χ0) is 11.0. The predicted molar refractivity (Wildman–Crippen MR) is 67.3 cm³/mol. The molecule has 1 heterocycles. The highest BCUT2D eigenvalue weighted by molar-refractivity contribution is 5.01. The topological polar surface area (TPSA) is 29.3 Å². The smallest absolute Gasteiger partial charge is 0.0247 e. The summed E-state index contributed by atoms with van der Waals surface area (Å²) in [6, 6.07) is 1.19. The van der Waals surface area contributed by atoms with Crippen LogP contribution < -0.4 is 5.73 Å². The van der Waals surface area contributed by atoms with Crippen LogP contribution in [0.25, 0.3) is 0 Å².